The number of hydrogen-bond donors (Lipinski definition) is 1. The zero-order valence-electron chi connectivity index (χ0n) is 12.5. The molecule has 0 fully saturated rings. The lowest BCUT2D eigenvalue weighted by Gasteiger charge is -2.29. The van der Waals surface area contributed by atoms with Crippen LogP contribution < -0.4 is 5.73 Å². The first-order valence-electron chi connectivity index (χ1n) is 6.74. The summed E-state index contributed by atoms with van der Waals surface area (Å²) in [5, 5.41) is 0. The number of aromatic nitrogens is 2. The van der Waals surface area contributed by atoms with Gasteiger partial charge in [0.05, 0.1) is 9.26 Å². The zero-order valence-corrected chi connectivity index (χ0v) is 14.6. The average Bonchev–Trinajstić information content (AvgIpc) is 2.30. The van der Waals surface area contributed by atoms with Gasteiger partial charge in [-0.2, -0.15) is 0 Å². The Bertz CT molecular complexity index is 429. The Hall–Kier alpha value is -0.430. The lowest BCUT2D eigenvalue weighted by molar-refractivity contribution is -0.0191. The molecular weight excluding hydrogens is 353 g/mol. The molecule has 0 saturated carbocycles. The number of nitrogens with zero attached hydrogens (tertiary/aromatic N) is 2. The minimum absolute atomic E-state index is 0.0568. The van der Waals surface area contributed by atoms with Crippen LogP contribution in [0.25, 0.3) is 0 Å². The molecule has 0 amide bonds. The van der Waals surface area contributed by atoms with Crippen molar-refractivity contribution in [3.05, 3.63) is 15.1 Å². The normalized spacial score (nSPS) is 13.6. The Kier molecular flexibility index (Phi) is 5.98. The number of halogens is 1. The van der Waals surface area contributed by atoms with Crippen molar-refractivity contribution in [3.8, 4) is 0 Å². The van der Waals surface area contributed by atoms with Crippen LogP contribution in [0.3, 0.4) is 0 Å². The fourth-order valence-corrected chi connectivity index (χ4v) is 2.44. The maximum Gasteiger partial charge on any atom is 0.160 e. The summed E-state index contributed by atoms with van der Waals surface area (Å²) >= 11 is 2.22. The summed E-state index contributed by atoms with van der Waals surface area (Å²) in [4.78, 5) is 9.12. The van der Waals surface area contributed by atoms with E-state index in [9.17, 15) is 0 Å². The van der Waals surface area contributed by atoms with Crippen LogP contribution in [0.15, 0.2) is 0 Å². The Morgan fingerprint density at radius 2 is 1.89 bits per heavy atom. The first kappa shape index (κ1) is 16.6. The molecule has 0 aliphatic rings. The highest BCUT2D eigenvalue weighted by molar-refractivity contribution is 14.1. The van der Waals surface area contributed by atoms with Crippen LogP contribution in [0.5, 0.6) is 0 Å². The molecule has 0 bridgehead atoms. The third-order valence-corrected chi connectivity index (χ3v) is 3.98. The largest absolute Gasteiger partial charge is 0.383 e. The van der Waals surface area contributed by atoms with Crippen molar-refractivity contribution in [2.45, 2.75) is 53.6 Å². The topological polar surface area (TPSA) is 61.0 Å². The third kappa shape index (κ3) is 4.27. The van der Waals surface area contributed by atoms with E-state index in [0.717, 1.165) is 22.1 Å². The van der Waals surface area contributed by atoms with Gasteiger partial charge in [-0.1, -0.05) is 34.1 Å². The van der Waals surface area contributed by atoms with E-state index in [1.165, 1.54) is 0 Å². The highest BCUT2D eigenvalue weighted by Crippen LogP contribution is 2.35. The lowest BCUT2D eigenvalue weighted by Crippen LogP contribution is -2.25. The number of nitrogen functional groups attached to an aromatic ring is 1. The van der Waals surface area contributed by atoms with E-state index < -0.39 is 0 Å². The van der Waals surface area contributed by atoms with Gasteiger partial charge in [0.2, 0.25) is 0 Å². The molecule has 2 N–H and O–H groups in total. The Balaban J connectivity index is 3.24. The third-order valence-electron chi connectivity index (χ3n) is 2.80. The van der Waals surface area contributed by atoms with Crippen molar-refractivity contribution < 1.29 is 4.74 Å². The quantitative estimate of drug-likeness (QED) is 0.795. The molecule has 5 heteroatoms. The Morgan fingerprint density at radius 3 is 2.37 bits per heavy atom. The molecule has 1 aromatic rings. The molecule has 0 saturated heterocycles. The second-order valence-electron chi connectivity index (χ2n) is 5.68. The van der Waals surface area contributed by atoms with Crippen LogP contribution in [0, 0.1) is 8.99 Å². The summed E-state index contributed by atoms with van der Waals surface area (Å²) < 4.78 is 6.80. The second-order valence-corrected chi connectivity index (χ2v) is 6.76. The minimum atomic E-state index is -0.132. The second kappa shape index (κ2) is 6.83. The van der Waals surface area contributed by atoms with E-state index in [1.54, 1.807) is 0 Å². The number of rotatable bonds is 5. The van der Waals surface area contributed by atoms with Gasteiger partial charge in [-0.05, 0) is 41.4 Å². The Morgan fingerprint density at radius 1 is 1.26 bits per heavy atom. The van der Waals surface area contributed by atoms with Gasteiger partial charge in [0, 0.05) is 6.61 Å². The molecule has 1 rings (SSSR count). The molecule has 0 aliphatic carbocycles. The van der Waals surface area contributed by atoms with Crippen molar-refractivity contribution in [1.29, 1.82) is 0 Å². The van der Waals surface area contributed by atoms with Gasteiger partial charge < -0.3 is 10.5 Å². The van der Waals surface area contributed by atoms with E-state index >= 15 is 0 Å². The maximum atomic E-state index is 6.01. The SMILES string of the molecule is CCCc1nc(C(OCC)C(C)(C)C)nc(N)c1I. The van der Waals surface area contributed by atoms with E-state index in [0.29, 0.717) is 18.2 Å². The van der Waals surface area contributed by atoms with Crippen molar-refractivity contribution >= 4 is 28.4 Å². The molecule has 1 heterocycles. The van der Waals surface area contributed by atoms with Crippen molar-refractivity contribution in [2.75, 3.05) is 12.3 Å². The molecule has 0 radical (unpaired) electrons. The van der Waals surface area contributed by atoms with Crippen LogP contribution >= 0.6 is 22.6 Å². The van der Waals surface area contributed by atoms with E-state index in [1.807, 2.05) is 6.92 Å². The maximum absolute atomic E-state index is 6.01. The standard InChI is InChI=1S/C14H24IN3O/c1-6-8-9-10(15)12(16)18-13(17-9)11(19-7-2)14(3,4)5/h11H,6-8H2,1-5H3,(H2,16,17,18). The number of anilines is 1. The molecule has 0 spiro atoms. The highest BCUT2D eigenvalue weighted by Gasteiger charge is 2.30. The fourth-order valence-electron chi connectivity index (χ4n) is 1.93. The predicted octanol–water partition coefficient (Wildman–Crippen LogP) is 3.74. The van der Waals surface area contributed by atoms with Crippen LogP contribution in [0.4, 0.5) is 5.82 Å². The average molecular weight is 377 g/mol. The van der Waals surface area contributed by atoms with E-state index in [4.69, 9.17) is 10.5 Å². The number of aryl methyl sites for hydroxylation is 1. The lowest BCUT2D eigenvalue weighted by atomic mass is 9.88. The van der Waals surface area contributed by atoms with Gasteiger partial charge >= 0.3 is 0 Å². The van der Waals surface area contributed by atoms with Crippen molar-refractivity contribution in [2.24, 2.45) is 5.41 Å². The molecule has 1 atom stereocenters. The zero-order chi connectivity index (χ0) is 14.6. The molecule has 19 heavy (non-hydrogen) atoms. The van der Waals surface area contributed by atoms with E-state index in [-0.39, 0.29) is 11.5 Å². The smallest absolute Gasteiger partial charge is 0.160 e. The summed E-state index contributed by atoms with van der Waals surface area (Å²) in [5.41, 5.74) is 6.99. The van der Waals surface area contributed by atoms with Crippen LogP contribution in [0.1, 0.15) is 58.7 Å². The summed E-state index contributed by atoms with van der Waals surface area (Å²) in [5.74, 6) is 1.26. The van der Waals surface area contributed by atoms with Gasteiger partial charge in [0.15, 0.2) is 5.82 Å². The molecule has 1 unspecified atom stereocenters. The monoisotopic (exact) mass is 377 g/mol. The van der Waals surface area contributed by atoms with Gasteiger partial charge in [0.1, 0.15) is 11.9 Å². The van der Waals surface area contributed by atoms with Gasteiger partial charge in [-0.25, -0.2) is 9.97 Å². The number of nitrogens with two attached hydrogens (primary N) is 1. The summed E-state index contributed by atoms with van der Waals surface area (Å²) in [6.45, 7) is 11.2. The number of ether oxygens (including phenoxy) is 1. The molecule has 4 nitrogen and oxygen atoms in total. The predicted molar refractivity (Wildman–Crippen MR) is 87.0 cm³/mol. The van der Waals surface area contributed by atoms with Gasteiger partial charge in [0.25, 0.3) is 0 Å². The molecular formula is C14H24IN3O. The van der Waals surface area contributed by atoms with Gasteiger partial charge in [-0.3, -0.25) is 0 Å². The van der Waals surface area contributed by atoms with Crippen molar-refractivity contribution in [1.82, 2.24) is 9.97 Å². The van der Waals surface area contributed by atoms with Crippen LogP contribution in [0.2, 0.25) is 0 Å². The first-order chi connectivity index (χ1) is 8.81. The van der Waals surface area contributed by atoms with E-state index in [2.05, 4.69) is 60.3 Å². The fraction of sp³-hybridized carbons (Fsp3) is 0.714. The summed E-state index contributed by atoms with van der Waals surface area (Å²) in [6, 6.07) is 0. The Labute approximate surface area is 129 Å². The minimum Gasteiger partial charge on any atom is -0.383 e. The first-order valence-corrected chi connectivity index (χ1v) is 7.82. The molecule has 0 aromatic carbocycles. The number of hydrogen-bond acceptors (Lipinski definition) is 4. The molecule has 1 aromatic heterocycles. The highest BCUT2D eigenvalue weighted by atomic mass is 127. The summed E-state index contributed by atoms with van der Waals surface area (Å²) in [6.07, 6.45) is 1.83. The van der Waals surface area contributed by atoms with Crippen LogP contribution in [-0.4, -0.2) is 16.6 Å². The van der Waals surface area contributed by atoms with Gasteiger partial charge in [-0.15, -0.1) is 0 Å². The molecule has 0 aliphatic heterocycles. The van der Waals surface area contributed by atoms with Crippen molar-refractivity contribution in [3.63, 3.8) is 0 Å². The molecule has 108 valence electrons. The summed E-state index contributed by atoms with van der Waals surface area (Å²) in [7, 11) is 0. The van der Waals surface area contributed by atoms with Crippen LogP contribution in [-0.2, 0) is 11.2 Å².